The van der Waals surface area contributed by atoms with E-state index in [1.165, 1.54) is 37.4 Å². The van der Waals surface area contributed by atoms with E-state index in [0.717, 1.165) is 11.3 Å². The lowest BCUT2D eigenvalue weighted by Gasteiger charge is -2.11. The molecule has 7 nitrogen and oxygen atoms in total. The van der Waals surface area contributed by atoms with Gasteiger partial charge in [0.1, 0.15) is 41.1 Å². The van der Waals surface area contributed by atoms with Crippen molar-refractivity contribution in [3.8, 4) is 28.5 Å². The molecule has 0 unspecified atom stereocenters. The molecule has 0 saturated carbocycles. The molecule has 3 aromatic carbocycles. The Morgan fingerprint density at radius 1 is 0.786 bits per heavy atom. The van der Waals surface area contributed by atoms with Crippen molar-refractivity contribution >= 4 is 34.8 Å². The molecule has 4 aromatic rings. The number of nitrogens with zero attached hydrogens (tertiary/aromatic N) is 1. The third-order valence-corrected chi connectivity index (χ3v) is 6.89. The lowest BCUT2D eigenvalue weighted by molar-refractivity contribution is 0.0888. The number of methoxy groups -OCH3 is 2. The molecule has 0 N–H and O–H groups in total. The Morgan fingerprint density at radius 2 is 1.52 bits per heavy atom. The van der Waals surface area contributed by atoms with Crippen LogP contribution in [0.3, 0.4) is 0 Å². The Bertz CT molecular complexity index is 1560. The van der Waals surface area contributed by atoms with E-state index < -0.39 is 5.82 Å². The maximum absolute atomic E-state index is 13.6. The van der Waals surface area contributed by atoms with Crippen LogP contribution in [0.5, 0.6) is 17.2 Å². The number of ether oxygens (including phenoxy) is 4. The van der Waals surface area contributed by atoms with Crippen LogP contribution in [0.4, 0.5) is 4.39 Å². The van der Waals surface area contributed by atoms with E-state index in [1.807, 2.05) is 24.3 Å². The summed E-state index contributed by atoms with van der Waals surface area (Å²) < 4.78 is 35.4. The van der Waals surface area contributed by atoms with Gasteiger partial charge < -0.3 is 18.9 Å². The summed E-state index contributed by atoms with van der Waals surface area (Å²) in [6, 6.07) is 19.6. The van der Waals surface area contributed by atoms with E-state index in [1.54, 1.807) is 25.3 Å². The fraction of sp³-hybridized carbons (Fsp3) is 0.219. The van der Waals surface area contributed by atoms with E-state index >= 15 is 0 Å². The predicted octanol–water partition coefficient (Wildman–Crippen LogP) is 7.65. The summed E-state index contributed by atoms with van der Waals surface area (Å²) >= 11 is 12.3. The zero-order chi connectivity index (χ0) is 30.1. The molecule has 0 aliphatic heterocycles. The Labute approximate surface area is 253 Å². The van der Waals surface area contributed by atoms with Gasteiger partial charge >= 0.3 is 0 Å². The number of Topliss-reactive ketones (excluding diaryl/α,β-unsaturated/α-hetero) is 2. The van der Waals surface area contributed by atoms with Crippen molar-refractivity contribution in [3.63, 3.8) is 0 Å². The van der Waals surface area contributed by atoms with E-state index in [4.69, 9.17) is 42.1 Å². The minimum atomic E-state index is -0.570. The summed E-state index contributed by atoms with van der Waals surface area (Å²) in [7, 11) is 3.08. The third-order valence-electron chi connectivity index (χ3n) is 6.30. The monoisotopic (exact) mass is 611 g/mol. The van der Waals surface area contributed by atoms with E-state index in [9.17, 15) is 14.0 Å². The molecule has 0 bridgehead atoms. The molecule has 1 heterocycles. The summed E-state index contributed by atoms with van der Waals surface area (Å²) in [6.07, 6.45) is -0.108. The second kappa shape index (κ2) is 14.8. The Hall–Kier alpha value is -3.98. The van der Waals surface area contributed by atoms with Crippen LogP contribution in [0.15, 0.2) is 72.8 Å². The van der Waals surface area contributed by atoms with Gasteiger partial charge in [-0.3, -0.25) is 9.59 Å². The van der Waals surface area contributed by atoms with Crippen molar-refractivity contribution in [1.82, 2.24) is 4.98 Å². The number of carbonyl (C=O) groups excluding carboxylic acids is 2. The van der Waals surface area contributed by atoms with Crippen molar-refractivity contribution in [3.05, 3.63) is 105 Å². The number of pyridine rings is 1. The highest BCUT2D eigenvalue weighted by Gasteiger charge is 2.17. The van der Waals surface area contributed by atoms with Crippen LogP contribution in [-0.4, -0.2) is 44.0 Å². The topological polar surface area (TPSA) is 84.0 Å². The number of hydrogen-bond acceptors (Lipinski definition) is 7. The van der Waals surface area contributed by atoms with E-state index in [-0.39, 0.29) is 46.8 Å². The fourth-order valence-electron chi connectivity index (χ4n) is 4.03. The second-order valence-electron chi connectivity index (χ2n) is 9.12. The molecule has 0 amide bonds. The summed E-state index contributed by atoms with van der Waals surface area (Å²) in [5.41, 5.74) is 2.35. The van der Waals surface area contributed by atoms with Gasteiger partial charge in [-0.25, -0.2) is 9.37 Å². The van der Waals surface area contributed by atoms with Crippen molar-refractivity contribution in [2.45, 2.75) is 19.4 Å². The second-order valence-corrected chi connectivity index (χ2v) is 9.93. The fourth-order valence-corrected chi connectivity index (χ4v) is 4.45. The molecule has 0 spiro atoms. The molecule has 1 aromatic heterocycles. The molecule has 0 saturated heterocycles. The maximum Gasteiger partial charge on any atom is 0.181 e. The number of benzene rings is 3. The Morgan fingerprint density at radius 3 is 2.21 bits per heavy atom. The van der Waals surface area contributed by atoms with Gasteiger partial charge in [0.15, 0.2) is 11.6 Å². The van der Waals surface area contributed by atoms with Crippen molar-refractivity contribution in [1.29, 1.82) is 0 Å². The average Bonchev–Trinajstić information content (AvgIpc) is 3.01. The van der Waals surface area contributed by atoms with Crippen LogP contribution in [0, 0.1) is 5.82 Å². The van der Waals surface area contributed by atoms with Gasteiger partial charge in [0, 0.05) is 24.0 Å². The molecular weight excluding hydrogens is 584 g/mol. The number of carbonyl (C=O) groups is 2. The normalized spacial score (nSPS) is 10.8. The van der Waals surface area contributed by atoms with Gasteiger partial charge in [-0.15, -0.1) is 0 Å². The minimum Gasteiger partial charge on any atom is -0.497 e. The summed E-state index contributed by atoms with van der Waals surface area (Å²) in [6.45, 7) is 1.06. The standard InChI is InChI=1S/C32H28Cl2FNO6/c1-39-23-7-3-20(4-8-23)19-41-15-16-42-30-13-6-21(17-25(30)34)28(37)11-12-29(38)27-10-14-31(40-2)32(36-27)22-5-9-26(35)24(33)18-22/h3-10,13-14,17-18H,11-12,15-16,19H2,1-2H3. The molecule has 0 aliphatic carbocycles. The third kappa shape index (κ3) is 8.06. The zero-order valence-corrected chi connectivity index (χ0v) is 24.5. The molecule has 0 fully saturated rings. The van der Waals surface area contributed by atoms with Crippen LogP contribution < -0.4 is 14.2 Å². The summed E-state index contributed by atoms with van der Waals surface area (Å²) in [5, 5.41) is 0.202. The highest BCUT2D eigenvalue weighted by atomic mass is 35.5. The first-order valence-corrected chi connectivity index (χ1v) is 13.7. The average molecular weight is 612 g/mol. The van der Waals surface area contributed by atoms with Gasteiger partial charge in [0.05, 0.1) is 37.5 Å². The van der Waals surface area contributed by atoms with Crippen molar-refractivity contribution in [2.24, 2.45) is 0 Å². The highest BCUT2D eigenvalue weighted by Crippen LogP contribution is 2.31. The molecule has 0 aliphatic rings. The van der Waals surface area contributed by atoms with Crippen molar-refractivity contribution in [2.75, 3.05) is 27.4 Å². The molecule has 218 valence electrons. The maximum atomic E-state index is 13.6. The van der Waals surface area contributed by atoms with Crippen LogP contribution in [0.25, 0.3) is 11.3 Å². The number of hydrogen-bond donors (Lipinski definition) is 0. The first-order chi connectivity index (χ1) is 20.3. The molecule has 10 heteroatoms. The minimum absolute atomic E-state index is 0.0417. The Kier molecular flexibility index (Phi) is 10.9. The molecule has 0 atom stereocenters. The van der Waals surface area contributed by atoms with Crippen LogP contribution in [0.1, 0.15) is 39.3 Å². The van der Waals surface area contributed by atoms with Gasteiger partial charge in [-0.05, 0) is 66.2 Å². The van der Waals surface area contributed by atoms with Crippen LogP contribution >= 0.6 is 23.2 Å². The van der Waals surface area contributed by atoms with Gasteiger partial charge in [0.25, 0.3) is 0 Å². The lowest BCUT2D eigenvalue weighted by Crippen LogP contribution is -2.09. The quantitative estimate of drug-likeness (QED) is 0.107. The van der Waals surface area contributed by atoms with Crippen LogP contribution in [-0.2, 0) is 11.3 Å². The number of halogens is 3. The number of ketones is 2. The summed E-state index contributed by atoms with van der Waals surface area (Å²) in [4.78, 5) is 30.1. The predicted molar refractivity (Wildman–Crippen MR) is 159 cm³/mol. The van der Waals surface area contributed by atoms with Gasteiger partial charge in [0.2, 0.25) is 0 Å². The molecule has 0 radical (unpaired) electrons. The zero-order valence-electron chi connectivity index (χ0n) is 23.0. The number of aromatic nitrogens is 1. The van der Waals surface area contributed by atoms with Crippen molar-refractivity contribution < 1.29 is 32.9 Å². The lowest BCUT2D eigenvalue weighted by atomic mass is 10.0. The van der Waals surface area contributed by atoms with Gasteiger partial charge in [-0.2, -0.15) is 0 Å². The Balaban J connectivity index is 1.29. The largest absolute Gasteiger partial charge is 0.497 e. The molecule has 4 rings (SSSR count). The van der Waals surface area contributed by atoms with E-state index in [0.29, 0.717) is 41.5 Å². The summed E-state index contributed by atoms with van der Waals surface area (Å²) in [5.74, 6) is 0.446. The molecule has 42 heavy (non-hydrogen) atoms. The smallest absolute Gasteiger partial charge is 0.181 e. The highest BCUT2D eigenvalue weighted by molar-refractivity contribution is 6.32. The molecular formula is C32H28Cl2FNO6. The van der Waals surface area contributed by atoms with Crippen LogP contribution in [0.2, 0.25) is 10.0 Å². The first-order valence-electron chi connectivity index (χ1n) is 13.0. The number of rotatable bonds is 14. The van der Waals surface area contributed by atoms with Gasteiger partial charge in [-0.1, -0.05) is 35.3 Å². The first kappa shape index (κ1) is 31.0. The SMILES string of the molecule is COc1ccc(COCCOc2ccc(C(=O)CCC(=O)c3ccc(OC)c(-c4ccc(F)c(Cl)c4)n3)cc2Cl)cc1. The van der Waals surface area contributed by atoms with E-state index in [2.05, 4.69) is 4.98 Å².